The minimum absolute atomic E-state index is 0.0171. The van der Waals surface area contributed by atoms with Crippen molar-refractivity contribution in [2.75, 3.05) is 14.2 Å². The normalized spacial score (nSPS) is 48.9. The predicted molar refractivity (Wildman–Crippen MR) is 146 cm³/mol. The zero-order valence-electron chi connectivity index (χ0n) is 25.1. The second kappa shape index (κ2) is 8.96. The van der Waals surface area contributed by atoms with Gasteiger partial charge in [-0.15, -0.1) is 0 Å². The number of esters is 2. The summed E-state index contributed by atoms with van der Waals surface area (Å²) in [6, 6.07) is 0. The third-order valence-electron chi connectivity index (χ3n) is 13.9. The average molecular weight is 530 g/mol. The summed E-state index contributed by atoms with van der Waals surface area (Å²) < 4.78 is 11.3. The van der Waals surface area contributed by atoms with Crippen LogP contribution in [0.15, 0.2) is 0 Å². The molecule has 214 valence electrons. The summed E-state index contributed by atoms with van der Waals surface area (Å²) in [5, 5.41) is 2.93. The van der Waals surface area contributed by atoms with Crippen LogP contribution >= 0.6 is 0 Å². The van der Waals surface area contributed by atoms with Crippen molar-refractivity contribution >= 4 is 17.8 Å². The predicted octanol–water partition coefficient (Wildman–Crippen LogP) is 5.92. The Morgan fingerprint density at radius 3 is 2.13 bits per heavy atom. The van der Waals surface area contributed by atoms with Crippen molar-refractivity contribution in [1.82, 2.24) is 5.32 Å². The van der Waals surface area contributed by atoms with Crippen LogP contribution in [0, 0.1) is 56.7 Å². The first kappa shape index (κ1) is 28.0. The van der Waals surface area contributed by atoms with E-state index in [0.717, 1.165) is 64.2 Å². The average Bonchev–Trinajstić information content (AvgIpc) is 3.26. The Morgan fingerprint density at radius 1 is 0.789 bits per heavy atom. The standard InChI is InChI=1S/C32H51NO5/c1-19(34)38-24-13-14-29(4)22(28(24,2)3)12-15-31(6)23(29)10-9-21-25-20(26(35)33-7)11-16-32(25,27(36)37-8)18-17-30(21,31)5/h20-25H,9-18H2,1-8H3,(H,33,35)/t20-,21-,22+,23-,24+,25-,29+,30-,31-,32+/m1/s1. The van der Waals surface area contributed by atoms with Gasteiger partial charge in [0.05, 0.1) is 12.5 Å². The van der Waals surface area contributed by atoms with Crippen molar-refractivity contribution in [1.29, 1.82) is 0 Å². The molecule has 5 rings (SSSR count). The van der Waals surface area contributed by atoms with Crippen molar-refractivity contribution in [3.05, 3.63) is 0 Å². The number of carbonyl (C=O) groups excluding carboxylic acids is 3. The first-order valence-corrected chi connectivity index (χ1v) is 15.2. The minimum Gasteiger partial charge on any atom is -0.469 e. The molecule has 0 heterocycles. The van der Waals surface area contributed by atoms with E-state index in [0.29, 0.717) is 17.8 Å². The Balaban J connectivity index is 1.52. The molecule has 5 aliphatic carbocycles. The molecule has 5 saturated carbocycles. The van der Waals surface area contributed by atoms with Gasteiger partial charge >= 0.3 is 11.9 Å². The molecule has 1 N–H and O–H groups in total. The van der Waals surface area contributed by atoms with Crippen LogP contribution in [0.1, 0.15) is 106 Å². The largest absolute Gasteiger partial charge is 0.469 e. The SMILES string of the molecule is CNC(=O)[C@@H]1CC[C@]2(C(=O)OC)CC[C@]3(C)[C@H](CC[C@@H]4[C@@]5(C)CC[C@H](OC(C)=O)C(C)(C)[C@@H]5CC[C@]43C)[C@@H]12. The van der Waals surface area contributed by atoms with E-state index in [2.05, 4.69) is 39.9 Å². The fraction of sp³-hybridized carbons (Fsp3) is 0.906. The topological polar surface area (TPSA) is 81.7 Å². The summed E-state index contributed by atoms with van der Waals surface area (Å²) in [4.78, 5) is 38.5. The van der Waals surface area contributed by atoms with Gasteiger partial charge < -0.3 is 14.8 Å². The number of carbonyl (C=O) groups is 3. The molecule has 0 aliphatic heterocycles. The van der Waals surface area contributed by atoms with Gasteiger partial charge in [-0.2, -0.15) is 0 Å². The number of amides is 1. The highest BCUT2D eigenvalue weighted by Crippen LogP contribution is 2.77. The Labute approximate surface area is 229 Å². The van der Waals surface area contributed by atoms with E-state index in [-0.39, 0.29) is 57.4 Å². The lowest BCUT2D eigenvalue weighted by atomic mass is 9.32. The van der Waals surface area contributed by atoms with Crippen LogP contribution in [-0.4, -0.2) is 38.1 Å². The first-order chi connectivity index (χ1) is 17.7. The smallest absolute Gasteiger partial charge is 0.312 e. The molecule has 0 aromatic carbocycles. The Morgan fingerprint density at radius 2 is 1.50 bits per heavy atom. The van der Waals surface area contributed by atoms with E-state index in [1.165, 1.54) is 14.0 Å². The van der Waals surface area contributed by atoms with E-state index in [4.69, 9.17) is 9.47 Å². The van der Waals surface area contributed by atoms with Crippen LogP contribution in [0.3, 0.4) is 0 Å². The van der Waals surface area contributed by atoms with Crippen molar-refractivity contribution < 1.29 is 23.9 Å². The zero-order chi connectivity index (χ0) is 27.9. The lowest BCUT2D eigenvalue weighted by Gasteiger charge is -2.72. The molecular weight excluding hydrogens is 478 g/mol. The number of nitrogens with one attached hydrogen (secondary N) is 1. The minimum atomic E-state index is -0.523. The molecule has 0 aromatic heterocycles. The maximum absolute atomic E-state index is 13.4. The molecule has 6 nitrogen and oxygen atoms in total. The van der Waals surface area contributed by atoms with Crippen molar-refractivity contribution in [3.8, 4) is 0 Å². The van der Waals surface area contributed by atoms with Crippen LogP contribution in [0.2, 0.25) is 0 Å². The molecule has 5 aliphatic rings. The van der Waals surface area contributed by atoms with Gasteiger partial charge in [-0.05, 0) is 104 Å². The van der Waals surface area contributed by atoms with Gasteiger partial charge in [0, 0.05) is 25.3 Å². The van der Waals surface area contributed by atoms with Gasteiger partial charge in [0.2, 0.25) is 5.91 Å². The molecule has 10 atom stereocenters. The summed E-state index contributed by atoms with van der Waals surface area (Å²) in [5.74, 6) is 1.20. The van der Waals surface area contributed by atoms with Gasteiger partial charge in [0.15, 0.2) is 0 Å². The highest BCUT2D eigenvalue weighted by atomic mass is 16.5. The second-order valence-corrected chi connectivity index (χ2v) is 15.1. The molecule has 0 aromatic rings. The summed E-state index contributed by atoms with van der Waals surface area (Å²) in [6.45, 7) is 13.8. The highest BCUT2D eigenvalue weighted by Gasteiger charge is 2.72. The van der Waals surface area contributed by atoms with Gasteiger partial charge in [0.1, 0.15) is 6.10 Å². The van der Waals surface area contributed by atoms with Crippen molar-refractivity contribution in [2.45, 2.75) is 112 Å². The quantitative estimate of drug-likeness (QED) is 0.459. The molecule has 0 radical (unpaired) electrons. The van der Waals surface area contributed by atoms with Crippen LogP contribution in [0.5, 0.6) is 0 Å². The Bertz CT molecular complexity index is 1010. The first-order valence-electron chi connectivity index (χ1n) is 15.2. The molecule has 5 fully saturated rings. The van der Waals surface area contributed by atoms with Crippen molar-refractivity contribution in [3.63, 3.8) is 0 Å². The fourth-order valence-corrected chi connectivity index (χ4v) is 12.0. The third-order valence-corrected chi connectivity index (χ3v) is 13.9. The van der Waals surface area contributed by atoms with E-state index >= 15 is 0 Å². The van der Waals surface area contributed by atoms with Crippen LogP contribution in [0.25, 0.3) is 0 Å². The molecule has 6 heteroatoms. The molecule has 0 unspecified atom stereocenters. The van der Waals surface area contributed by atoms with E-state index in [9.17, 15) is 14.4 Å². The lowest BCUT2D eigenvalue weighted by molar-refractivity contribution is -0.250. The third kappa shape index (κ3) is 3.46. The summed E-state index contributed by atoms with van der Waals surface area (Å²) in [7, 11) is 3.25. The molecule has 0 bridgehead atoms. The summed E-state index contributed by atoms with van der Waals surface area (Å²) in [6.07, 6.45) is 9.91. The van der Waals surface area contributed by atoms with Crippen LogP contribution in [-0.2, 0) is 23.9 Å². The van der Waals surface area contributed by atoms with Gasteiger partial charge in [-0.1, -0.05) is 34.6 Å². The Kier molecular flexibility index (Phi) is 6.59. The molecule has 0 spiro atoms. The number of methoxy groups -OCH3 is 1. The van der Waals surface area contributed by atoms with Crippen molar-refractivity contribution in [2.24, 2.45) is 56.7 Å². The number of hydrogen-bond donors (Lipinski definition) is 1. The maximum Gasteiger partial charge on any atom is 0.312 e. The van der Waals surface area contributed by atoms with Crippen LogP contribution in [0.4, 0.5) is 0 Å². The fourth-order valence-electron chi connectivity index (χ4n) is 12.0. The highest BCUT2D eigenvalue weighted by molar-refractivity contribution is 5.84. The zero-order valence-corrected chi connectivity index (χ0v) is 25.1. The maximum atomic E-state index is 13.4. The molecule has 38 heavy (non-hydrogen) atoms. The van der Waals surface area contributed by atoms with Crippen LogP contribution < -0.4 is 5.32 Å². The Hall–Kier alpha value is -1.59. The van der Waals surface area contributed by atoms with Gasteiger partial charge in [-0.25, -0.2) is 0 Å². The van der Waals surface area contributed by atoms with E-state index in [1.54, 1.807) is 7.05 Å². The monoisotopic (exact) mass is 529 g/mol. The van der Waals surface area contributed by atoms with E-state index < -0.39 is 5.41 Å². The number of hydrogen-bond acceptors (Lipinski definition) is 5. The van der Waals surface area contributed by atoms with E-state index in [1.807, 2.05) is 0 Å². The lowest BCUT2D eigenvalue weighted by Crippen LogP contribution is -2.67. The summed E-state index contributed by atoms with van der Waals surface area (Å²) >= 11 is 0. The van der Waals surface area contributed by atoms with Gasteiger partial charge in [0.25, 0.3) is 0 Å². The number of fused-ring (bicyclic) bond motifs is 7. The molecule has 1 amide bonds. The van der Waals surface area contributed by atoms with Gasteiger partial charge in [-0.3, -0.25) is 14.4 Å². The number of rotatable bonds is 3. The molecular formula is C32H51NO5. The summed E-state index contributed by atoms with van der Waals surface area (Å²) in [5.41, 5.74) is -0.179. The molecule has 0 saturated heterocycles. The second-order valence-electron chi connectivity index (χ2n) is 15.1. The number of ether oxygens (including phenoxy) is 2.